The topological polar surface area (TPSA) is 26.6 Å². The Kier molecular flexibility index (Phi) is 2.78. The maximum absolute atomic E-state index is 5.47. The molecule has 2 heterocycles. The number of hydrogen-bond acceptors (Lipinski definition) is 2. The van der Waals surface area contributed by atoms with Crippen molar-refractivity contribution in [2.75, 3.05) is 31.2 Å². The summed E-state index contributed by atoms with van der Waals surface area (Å²) in [6.07, 6.45) is 0. The molecule has 0 unspecified atom stereocenters. The number of rotatable bonds is 1. The van der Waals surface area contributed by atoms with Crippen LogP contribution in [0.2, 0.25) is 0 Å². The molecule has 1 fully saturated rings. The van der Waals surface area contributed by atoms with Gasteiger partial charge in [0.2, 0.25) is 0 Å². The molecular weight excluding hydrogens is 248 g/mol. The summed E-state index contributed by atoms with van der Waals surface area (Å²) < 4.78 is 5.47. The van der Waals surface area contributed by atoms with Crippen LogP contribution in [-0.4, -0.2) is 26.3 Å². The predicted molar refractivity (Wildman–Crippen MR) is 81.0 cm³/mol. The van der Waals surface area contributed by atoms with E-state index in [0.717, 1.165) is 26.3 Å². The first-order valence-electron chi connectivity index (χ1n) is 7.09. The van der Waals surface area contributed by atoms with Gasteiger partial charge in [-0.2, -0.15) is 0 Å². The molecule has 0 bridgehead atoms. The fourth-order valence-corrected chi connectivity index (χ4v) is 2.98. The Labute approximate surface area is 117 Å². The Morgan fingerprint density at radius 3 is 2.25 bits per heavy atom. The lowest BCUT2D eigenvalue weighted by Gasteiger charge is -2.22. The number of benzene rings is 2. The molecule has 3 heteroatoms. The minimum Gasteiger partial charge on any atom is -0.373 e. The van der Waals surface area contributed by atoms with E-state index >= 15 is 0 Å². The van der Waals surface area contributed by atoms with Crippen molar-refractivity contribution in [2.45, 2.75) is 0 Å². The summed E-state index contributed by atoms with van der Waals surface area (Å²) in [5.74, 6) is 1.21. The summed E-state index contributed by atoms with van der Waals surface area (Å²) in [7, 11) is 0. The van der Waals surface area contributed by atoms with E-state index in [1.807, 2.05) is 0 Å². The Bertz CT molecular complexity index is 763. The largest absolute Gasteiger partial charge is 0.373 e. The van der Waals surface area contributed by atoms with Crippen LogP contribution in [-0.2, 0) is 4.74 Å². The lowest BCUT2D eigenvalue weighted by atomic mass is 10.1. The fraction of sp³-hybridized carbons (Fsp3) is 0.235. The SMILES string of the molecule is c1ccc2c(c1)[nH+]c(N1CCOCC1)c1ccccc12. The van der Waals surface area contributed by atoms with Crippen molar-refractivity contribution in [3.63, 3.8) is 0 Å². The van der Waals surface area contributed by atoms with Crippen LogP contribution >= 0.6 is 0 Å². The molecule has 3 nitrogen and oxygen atoms in total. The molecule has 0 spiro atoms. The number of para-hydroxylation sites is 1. The van der Waals surface area contributed by atoms with Gasteiger partial charge in [0.05, 0.1) is 18.6 Å². The number of nitrogens with zero attached hydrogens (tertiary/aromatic N) is 1. The van der Waals surface area contributed by atoms with E-state index in [0.29, 0.717) is 0 Å². The molecule has 1 aliphatic heterocycles. The average Bonchev–Trinajstić information content (AvgIpc) is 2.55. The van der Waals surface area contributed by atoms with Crippen LogP contribution in [0.3, 0.4) is 0 Å². The van der Waals surface area contributed by atoms with Crippen LogP contribution in [0.4, 0.5) is 5.82 Å². The lowest BCUT2D eigenvalue weighted by Crippen LogP contribution is -2.39. The molecule has 1 aromatic heterocycles. The highest BCUT2D eigenvalue weighted by Gasteiger charge is 2.23. The first-order chi connectivity index (χ1) is 9.93. The minimum atomic E-state index is 0.801. The van der Waals surface area contributed by atoms with Gasteiger partial charge in [0.15, 0.2) is 0 Å². The summed E-state index contributed by atoms with van der Waals surface area (Å²) in [5.41, 5.74) is 1.19. The number of fused-ring (bicyclic) bond motifs is 3. The third kappa shape index (κ3) is 1.82. The second-order valence-electron chi connectivity index (χ2n) is 5.16. The fourth-order valence-electron chi connectivity index (χ4n) is 2.98. The van der Waals surface area contributed by atoms with E-state index in [1.165, 1.54) is 27.5 Å². The molecule has 4 rings (SSSR count). The van der Waals surface area contributed by atoms with Crippen LogP contribution in [0.15, 0.2) is 48.5 Å². The molecule has 1 saturated heterocycles. The third-order valence-electron chi connectivity index (χ3n) is 3.98. The average molecular weight is 265 g/mol. The smallest absolute Gasteiger partial charge is 0.282 e. The normalized spacial score (nSPS) is 15.9. The van der Waals surface area contributed by atoms with Gasteiger partial charge in [-0.15, -0.1) is 0 Å². The number of nitrogens with one attached hydrogen (secondary N) is 1. The second-order valence-corrected chi connectivity index (χ2v) is 5.16. The monoisotopic (exact) mass is 265 g/mol. The van der Waals surface area contributed by atoms with Crippen LogP contribution in [0.5, 0.6) is 0 Å². The molecule has 0 radical (unpaired) electrons. The van der Waals surface area contributed by atoms with Crippen LogP contribution in [0, 0.1) is 0 Å². The maximum atomic E-state index is 5.47. The van der Waals surface area contributed by atoms with Gasteiger partial charge < -0.3 is 4.74 Å². The van der Waals surface area contributed by atoms with Gasteiger partial charge in [0.25, 0.3) is 5.82 Å². The number of ether oxygens (including phenoxy) is 1. The van der Waals surface area contributed by atoms with E-state index in [4.69, 9.17) is 4.74 Å². The molecule has 0 atom stereocenters. The Morgan fingerprint density at radius 1 is 0.800 bits per heavy atom. The van der Waals surface area contributed by atoms with Gasteiger partial charge >= 0.3 is 0 Å². The standard InChI is InChI=1S/C17H16N2O/c1-2-7-15-13(5-1)14-6-3-4-8-16(14)18-17(15)19-9-11-20-12-10-19/h1-8H,9-12H2/p+1. The van der Waals surface area contributed by atoms with Gasteiger partial charge in [-0.05, 0) is 12.1 Å². The number of aromatic amines is 1. The zero-order chi connectivity index (χ0) is 13.4. The number of anilines is 1. The number of H-pyrrole nitrogens is 1. The number of hydrogen-bond donors (Lipinski definition) is 0. The maximum Gasteiger partial charge on any atom is 0.282 e. The van der Waals surface area contributed by atoms with Crippen LogP contribution < -0.4 is 9.88 Å². The Balaban J connectivity index is 2.02. The first-order valence-corrected chi connectivity index (χ1v) is 7.09. The molecule has 20 heavy (non-hydrogen) atoms. The lowest BCUT2D eigenvalue weighted by molar-refractivity contribution is -0.329. The van der Waals surface area contributed by atoms with Crippen molar-refractivity contribution in [1.82, 2.24) is 0 Å². The van der Waals surface area contributed by atoms with Gasteiger partial charge in [0, 0.05) is 10.8 Å². The van der Waals surface area contributed by atoms with Gasteiger partial charge in [0.1, 0.15) is 18.6 Å². The van der Waals surface area contributed by atoms with Crippen LogP contribution in [0.25, 0.3) is 21.7 Å². The minimum absolute atomic E-state index is 0.801. The second kappa shape index (κ2) is 4.76. The van der Waals surface area contributed by atoms with Crippen molar-refractivity contribution in [1.29, 1.82) is 0 Å². The quantitative estimate of drug-likeness (QED) is 0.632. The van der Waals surface area contributed by atoms with E-state index in [1.54, 1.807) is 0 Å². The van der Waals surface area contributed by atoms with Gasteiger partial charge in [-0.1, -0.05) is 36.4 Å². The zero-order valence-corrected chi connectivity index (χ0v) is 11.3. The summed E-state index contributed by atoms with van der Waals surface area (Å²) in [4.78, 5) is 6.00. The van der Waals surface area contributed by atoms with Gasteiger partial charge in [-0.3, -0.25) is 4.90 Å². The van der Waals surface area contributed by atoms with E-state index in [2.05, 4.69) is 58.4 Å². The highest BCUT2D eigenvalue weighted by Crippen LogP contribution is 2.28. The molecule has 100 valence electrons. The number of aromatic nitrogens is 1. The van der Waals surface area contributed by atoms with Crippen molar-refractivity contribution >= 4 is 27.5 Å². The molecule has 1 aliphatic rings. The van der Waals surface area contributed by atoms with E-state index in [-0.39, 0.29) is 0 Å². The number of pyridine rings is 1. The highest BCUT2D eigenvalue weighted by molar-refractivity contribution is 6.07. The number of morpholine rings is 1. The summed E-state index contributed by atoms with van der Waals surface area (Å²) >= 11 is 0. The van der Waals surface area contributed by atoms with Gasteiger partial charge in [-0.25, -0.2) is 4.98 Å². The Hall–Kier alpha value is -2.13. The molecule has 1 N–H and O–H groups in total. The summed E-state index contributed by atoms with van der Waals surface area (Å²) in [6.45, 7) is 3.49. The highest BCUT2D eigenvalue weighted by atomic mass is 16.5. The summed E-state index contributed by atoms with van der Waals surface area (Å²) in [6, 6.07) is 17.1. The molecule has 0 saturated carbocycles. The molecular formula is C17H17N2O+. The first kappa shape index (κ1) is 11.7. The molecule has 3 aromatic rings. The third-order valence-corrected chi connectivity index (χ3v) is 3.98. The van der Waals surface area contributed by atoms with Crippen molar-refractivity contribution < 1.29 is 9.72 Å². The van der Waals surface area contributed by atoms with Crippen molar-refractivity contribution in [3.05, 3.63) is 48.5 Å². The summed E-state index contributed by atoms with van der Waals surface area (Å²) in [5, 5.41) is 3.87. The molecule has 2 aromatic carbocycles. The van der Waals surface area contributed by atoms with Crippen LogP contribution in [0.1, 0.15) is 0 Å². The van der Waals surface area contributed by atoms with Crippen molar-refractivity contribution in [2.24, 2.45) is 0 Å². The Morgan fingerprint density at radius 2 is 1.45 bits per heavy atom. The molecule has 0 aliphatic carbocycles. The van der Waals surface area contributed by atoms with E-state index in [9.17, 15) is 0 Å². The van der Waals surface area contributed by atoms with Crippen molar-refractivity contribution in [3.8, 4) is 0 Å². The zero-order valence-electron chi connectivity index (χ0n) is 11.3. The van der Waals surface area contributed by atoms with E-state index < -0.39 is 0 Å². The predicted octanol–water partition coefficient (Wildman–Crippen LogP) is 2.64. The molecule has 0 amide bonds.